The SMILES string of the molecule is CN(c1ccc([N+](=O)[O-])cc1)[P+](c1ccccc1)(c1ccccc1)c1ccccc1. The van der Waals surface area contributed by atoms with Crippen LogP contribution in [0.2, 0.25) is 0 Å². The van der Waals surface area contributed by atoms with Crippen molar-refractivity contribution in [1.29, 1.82) is 0 Å². The van der Waals surface area contributed by atoms with Crippen LogP contribution < -0.4 is 20.6 Å². The molecule has 0 aliphatic heterocycles. The molecule has 0 bridgehead atoms. The quantitative estimate of drug-likeness (QED) is 0.256. The number of hydrogen-bond acceptors (Lipinski definition) is 3. The lowest BCUT2D eigenvalue weighted by molar-refractivity contribution is -0.384. The summed E-state index contributed by atoms with van der Waals surface area (Å²) in [5.74, 6) is 0. The number of rotatable bonds is 6. The molecule has 4 aromatic carbocycles. The molecule has 0 atom stereocenters. The first-order chi connectivity index (χ1) is 14.6. The summed E-state index contributed by atoms with van der Waals surface area (Å²) < 4.78 is 2.30. The fourth-order valence-corrected chi connectivity index (χ4v) is 8.09. The lowest BCUT2D eigenvalue weighted by Gasteiger charge is -2.35. The van der Waals surface area contributed by atoms with Gasteiger partial charge >= 0.3 is 0 Å². The van der Waals surface area contributed by atoms with Gasteiger partial charge in [-0.3, -0.25) is 10.1 Å². The molecule has 4 aromatic rings. The van der Waals surface area contributed by atoms with Gasteiger partial charge in [0.05, 0.1) is 10.6 Å². The van der Waals surface area contributed by atoms with Crippen molar-refractivity contribution in [2.24, 2.45) is 0 Å². The van der Waals surface area contributed by atoms with Gasteiger partial charge in [0.25, 0.3) is 5.69 Å². The van der Waals surface area contributed by atoms with E-state index < -0.39 is 7.41 Å². The van der Waals surface area contributed by atoms with Crippen molar-refractivity contribution in [1.82, 2.24) is 0 Å². The molecule has 0 aliphatic carbocycles. The van der Waals surface area contributed by atoms with Gasteiger partial charge in [0.1, 0.15) is 15.9 Å². The number of nitro groups is 1. The monoisotopic (exact) mass is 413 g/mol. The maximum absolute atomic E-state index is 11.1. The van der Waals surface area contributed by atoms with Crippen LogP contribution in [-0.4, -0.2) is 12.0 Å². The van der Waals surface area contributed by atoms with E-state index in [0.29, 0.717) is 0 Å². The summed E-state index contributed by atoms with van der Waals surface area (Å²) >= 11 is 0. The van der Waals surface area contributed by atoms with Gasteiger partial charge in [0.2, 0.25) is 7.41 Å². The number of nitro benzene ring substituents is 1. The zero-order valence-electron chi connectivity index (χ0n) is 16.6. The van der Waals surface area contributed by atoms with Crippen LogP contribution in [0.25, 0.3) is 0 Å². The molecule has 0 unspecified atom stereocenters. The standard InChI is InChI=1S/C25H22N2O2P/c1-26(21-17-19-22(20-18-21)27(28)29)30(23-11-5-2-6-12-23,24-13-7-3-8-14-24)25-15-9-4-10-16-25/h2-20H,1H3/q+1. The Morgan fingerprint density at radius 1 is 0.633 bits per heavy atom. The highest BCUT2D eigenvalue weighted by molar-refractivity contribution is 7.96. The molecule has 148 valence electrons. The Kier molecular flexibility index (Phi) is 5.60. The van der Waals surface area contributed by atoms with Crippen LogP contribution in [0.4, 0.5) is 11.4 Å². The fraction of sp³-hybridized carbons (Fsp3) is 0.0400. The molecular weight excluding hydrogens is 391 g/mol. The molecular formula is C25H22N2O2P+. The highest BCUT2D eigenvalue weighted by Crippen LogP contribution is 2.59. The van der Waals surface area contributed by atoms with Crippen molar-refractivity contribution in [3.05, 3.63) is 125 Å². The van der Waals surface area contributed by atoms with Gasteiger partial charge in [0.15, 0.2) is 0 Å². The molecule has 0 heterocycles. The zero-order valence-corrected chi connectivity index (χ0v) is 17.5. The molecule has 4 nitrogen and oxygen atoms in total. The first-order valence-corrected chi connectivity index (χ1v) is 11.4. The van der Waals surface area contributed by atoms with Gasteiger partial charge in [-0.25, -0.2) is 4.67 Å². The Morgan fingerprint density at radius 3 is 1.33 bits per heavy atom. The number of anilines is 1. The molecule has 0 N–H and O–H groups in total. The minimum Gasteiger partial charge on any atom is -0.258 e. The van der Waals surface area contributed by atoms with E-state index in [2.05, 4.69) is 84.5 Å². The molecule has 0 saturated carbocycles. The van der Waals surface area contributed by atoms with Crippen LogP contribution in [0, 0.1) is 10.1 Å². The summed E-state index contributed by atoms with van der Waals surface area (Å²) in [6.45, 7) is 0. The summed E-state index contributed by atoms with van der Waals surface area (Å²) in [7, 11) is -0.156. The second kappa shape index (κ2) is 8.48. The molecule has 0 fully saturated rings. The topological polar surface area (TPSA) is 46.4 Å². The Balaban J connectivity index is 2.00. The van der Waals surface area contributed by atoms with Crippen LogP contribution >= 0.6 is 7.41 Å². The van der Waals surface area contributed by atoms with Crippen LogP contribution in [0.5, 0.6) is 0 Å². The smallest absolute Gasteiger partial charge is 0.258 e. The van der Waals surface area contributed by atoms with Gasteiger partial charge in [-0.15, -0.1) is 0 Å². The van der Waals surface area contributed by atoms with E-state index in [4.69, 9.17) is 0 Å². The van der Waals surface area contributed by atoms with E-state index >= 15 is 0 Å². The fourth-order valence-electron chi connectivity index (χ4n) is 3.86. The van der Waals surface area contributed by atoms with Gasteiger partial charge in [-0.1, -0.05) is 54.6 Å². The third-order valence-electron chi connectivity index (χ3n) is 5.27. The van der Waals surface area contributed by atoms with Crippen molar-refractivity contribution in [3.8, 4) is 0 Å². The Bertz CT molecular complexity index is 1020. The lowest BCUT2D eigenvalue weighted by Crippen LogP contribution is -2.41. The normalized spacial score (nSPS) is 11.1. The highest BCUT2D eigenvalue weighted by Gasteiger charge is 2.50. The van der Waals surface area contributed by atoms with Gasteiger partial charge < -0.3 is 0 Å². The molecule has 0 saturated heterocycles. The minimum absolute atomic E-state index is 0.0928. The van der Waals surface area contributed by atoms with E-state index in [1.807, 2.05) is 30.3 Å². The average Bonchev–Trinajstić information content (AvgIpc) is 2.82. The first kappa shape index (κ1) is 19.8. The Labute approximate surface area is 177 Å². The van der Waals surface area contributed by atoms with Crippen molar-refractivity contribution >= 4 is 34.7 Å². The second-order valence-corrected chi connectivity index (χ2v) is 10.4. The van der Waals surface area contributed by atoms with Crippen molar-refractivity contribution in [3.63, 3.8) is 0 Å². The van der Waals surface area contributed by atoms with E-state index in [0.717, 1.165) is 5.69 Å². The number of non-ortho nitro benzene ring substituents is 1. The number of nitrogens with zero attached hydrogens (tertiary/aromatic N) is 2. The van der Waals surface area contributed by atoms with E-state index in [1.54, 1.807) is 12.1 Å². The Morgan fingerprint density at radius 2 is 1.00 bits per heavy atom. The zero-order chi connectivity index (χ0) is 21.0. The molecule has 30 heavy (non-hydrogen) atoms. The maximum Gasteiger partial charge on any atom is 0.269 e. The number of benzene rings is 4. The van der Waals surface area contributed by atoms with Gasteiger partial charge in [-0.05, 0) is 48.5 Å². The van der Waals surface area contributed by atoms with Gasteiger partial charge in [-0.2, -0.15) is 0 Å². The van der Waals surface area contributed by atoms with Crippen LogP contribution in [0.3, 0.4) is 0 Å². The average molecular weight is 413 g/mol. The Hall–Kier alpha value is -3.49. The third-order valence-corrected chi connectivity index (χ3v) is 9.54. The summed E-state index contributed by atoms with van der Waals surface area (Å²) in [4.78, 5) is 10.8. The van der Waals surface area contributed by atoms with E-state index in [1.165, 1.54) is 15.9 Å². The van der Waals surface area contributed by atoms with E-state index in [9.17, 15) is 10.1 Å². The lowest BCUT2D eigenvalue weighted by atomic mass is 10.3. The van der Waals surface area contributed by atoms with Gasteiger partial charge in [0, 0.05) is 19.2 Å². The molecule has 0 aliphatic rings. The first-order valence-electron chi connectivity index (χ1n) is 9.68. The molecule has 0 radical (unpaired) electrons. The predicted octanol–water partition coefficient (Wildman–Crippen LogP) is 4.94. The summed E-state index contributed by atoms with van der Waals surface area (Å²) in [5, 5.41) is 14.8. The molecule has 0 amide bonds. The maximum atomic E-state index is 11.1. The number of hydrogen-bond donors (Lipinski definition) is 0. The van der Waals surface area contributed by atoms with Crippen molar-refractivity contribution in [2.45, 2.75) is 0 Å². The van der Waals surface area contributed by atoms with E-state index in [-0.39, 0.29) is 10.6 Å². The molecule has 0 spiro atoms. The largest absolute Gasteiger partial charge is 0.269 e. The molecule has 4 rings (SSSR count). The predicted molar refractivity (Wildman–Crippen MR) is 127 cm³/mol. The van der Waals surface area contributed by atoms with Crippen LogP contribution in [-0.2, 0) is 0 Å². The minimum atomic E-state index is -2.24. The second-order valence-electron chi connectivity index (χ2n) is 6.94. The highest BCUT2D eigenvalue weighted by atomic mass is 31.2. The van der Waals surface area contributed by atoms with Crippen molar-refractivity contribution < 1.29 is 4.92 Å². The summed E-state index contributed by atoms with van der Waals surface area (Å²) in [6, 6.07) is 38.4. The van der Waals surface area contributed by atoms with Crippen molar-refractivity contribution in [2.75, 3.05) is 11.7 Å². The summed E-state index contributed by atoms with van der Waals surface area (Å²) in [6.07, 6.45) is 0. The van der Waals surface area contributed by atoms with Crippen LogP contribution in [0.15, 0.2) is 115 Å². The van der Waals surface area contributed by atoms with Crippen LogP contribution in [0.1, 0.15) is 0 Å². The summed E-state index contributed by atoms with van der Waals surface area (Å²) in [5.41, 5.74) is 1.03. The molecule has 0 aromatic heterocycles. The third kappa shape index (κ3) is 3.47. The molecule has 5 heteroatoms.